The zero-order valence-corrected chi connectivity index (χ0v) is 12.6. The molecule has 108 valence electrons. The van der Waals surface area contributed by atoms with Gasteiger partial charge in [0.25, 0.3) is 5.91 Å². The van der Waals surface area contributed by atoms with Crippen LogP contribution in [0.25, 0.3) is 0 Å². The molecule has 20 heavy (non-hydrogen) atoms. The van der Waals surface area contributed by atoms with Crippen LogP contribution in [0, 0.1) is 11.8 Å². The summed E-state index contributed by atoms with van der Waals surface area (Å²) in [7, 11) is 1.51. The molecule has 0 bridgehead atoms. The largest absolute Gasteiger partial charge is 0.493 e. The zero-order chi connectivity index (χ0) is 15.0. The number of halogens is 1. The highest BCUT2D eigenvalue weighted by atomic mass is 35.5. The molecule has 0 aliphatic heterocycles. The van der Waals surface area contributed by atoms with E-state index in [0.29, 0.717) is 41.7 Å². The van der Waals surface area contributed by atoms with E-state index >= 15 is 0 Å². The minimum Gasteiger partial charge on any atom is -0.493 e. The second-order valence-corrected chi connectivity index (χ2v) is 4.26. The average molecular weight is 296 g/mol. The predicted molar refractivity (Wildman–Crippen MR) is 79.6 cm³/mol. The van der Waals surface area contributed by atoms with Gasteiger partial charge in [-0.3, -0.25) is 4.79 Å². The van der Waals surface area contributed by atoms with Crippen molar-refractivity contribution in [1.29, 1.82) is 0 Å². The quantitative estimate of drug-likeness (QED) is 0.648. The summed E-state index contributed by atoms with van der Waals surface area (Å²) in [6, 6.07) is 3.17. The van der Waals surface area contributed by atoms with Gasteiger partial charge in [0.2, 0.25) is 0 Å². The van der Waals surface area contributed by atoms with E-state index in [2.05, 4.69) is 17.2 Å². The number of methoxy groups -OCH3 is 1. The Morgan fingerprint density at radius 1 is 1.45 bits per heavy atom. The molecule has 0 unspecified atom stereocenters. The Balaban J connectivity index is 2.87. The van der Waals surface area contributed by atoms with Gasteiger partial charge in [0.15, 0.2) is 11.5 Å². The van der Waals surface area contributed by atoms with Crippen molar-refractivity contribution in [3.63, 3.8) is 0 Å². The first-order chi connectivity index (χ1) is 9.63. The summed E-state index contributed by atoms with van der Waals surface area (Å²) in [5.41, 5.74) is 0.430. The molecule has 1 N–H and O–H groups in total. The highest BCUT2D eigenvalue weighted by molar-refractivity contribution is 6.32. The topological polar surface area (TPSA) is 47.6 Å². The number of amides is 1. The van der Waals surface area contributed by atoms with E-state index in [0.717, 1.165) is 0 Å². The van der Waals surface area contributed by atoms with Crippen LogP contribution >= 0.6 is 11.6 Å². The van der Waals surface area contributed by atoms with Crippen molar-refractivity contribution in [3.05, 3.63) is 22.7 Å². The number of nitrogens with one attached hydrogen (secondary N) is 1. The van der Waals surface area contributed by atoms with Crippen LogP contribution in [0.15, 0.2) is 12.1 Å². The lowest BCUT2D eigenvalue weighted by Gasteiger charge is -2.13. The zero-order valence-electron chi connectivity index (χ0n) is 11.9. The number of hydrogen-bond donors (Lipinski definition) is 1. The number of ether oxygens (including phenoxy) is 2. The van der Waals surface area contributed by atoms with Crippen LogP contribution in [0.5, 0.6) is 11.5 Å². The van der Waals surface area contributed by atoms with Gasteiger partial charge in [0.1, 0.15) is 0 Å². The van der Waals surface area contributed by atoms with Gasteiger partial charge in [-0.2, -0.15) is 0 Å². The molecule has 5 heteroatoms. The van der Waals surface area contributed by atoms with Gasteiger partial charge in [0, 0.05) is 18.5 Å². The van der Waals surface area contributed by atoms with E-state index in [1.165, 1.54) is 7.11 Å². The lowest BCUT2D eigenvalue weighted by atomic mass is 10.2. The summed E-state index contributed by atoms with van der Waals surface area (Å²) in [5.74, 6) is 6.33. The molecule has 1 amide bonds. The minimum atomic E-state index is -0.217. The van der Waals surface area contributed by atoms with Crippen molar-refractivity contribution in [2.24, 2.45) is 0 Å². The van der Waals surface area contributed by atoms with E-state index in [4.69, 9.17) is 21.1 Å². The van der Waals surface area contributed by atoms with E-state index in [1.54, 1.807) is 19.1 Å². The summed E-state index contributed by atoms with van der Waals surface area (Å²) < 4.78 is 10.6. The first-order valence-corrected chi connectivity index (χ1v) is 6.70. The third-order valence-corrected chi connectivity index (χ3v) is 2.77. The highest BCUT2D eigenvalue weighted by Crippen LogP contribution is 2.36. The number of hydrogen-bond acceptors (Lipinski definition) is 3. The van der Waals surface area contributed by atoms with E-state index in [-0.39, 0.29) is 5.91 Å². The summed E-state index contributed by atoms with van der Waals surface area (Å²) in [4.78, 5) is 12.0. The molecule has 0 saturated heterocycles. The van der Waals surface area contributed by atoms with Gasteiger partial charge in [-0.1, -0.05) is 11.6 Å². The molecule has 0 radical (unpaired) electrons. The van der Waals surface area contributed by atoms with E-state index in [9.17, 15) is 4.79 Å². The van der Waals surface area contributed by atoms with Gasteiger partial charge in [0.05, 0.1) is 18.7 Å². The molecule has 0 atom stereocenters. The molecular formula is C15H18ClNO3. The molecule has 4 nitrogen and oxygen atoms in total. The maximum absolute atomic E-state index is 12.0. The van der Waals surface area contributed by atoms with Crippen LogP contribution in [0.1, 0.15) is 30.6 Å². The predicted octanol–water partition coefficient (Wildman–Crippen LogP) is 2.89. The first kappa shape index (κ1) is 16.2. The Hall–Kier alpha value is -1.86. The summed E-state index contributed by atoms with van der Waals surface area (Å²) in [5, 5.41) is 3.12. The average Bonchev–Trinajstić information content (AvgIpc) is 2.45. The summed E-state index contributed by atoms with van der Waals surface area (Å²) >= 11 is 6.11. The number of carbonyl (C=O) groups is 1. The fraction of sp³-hybridized carbons (Fsp3) is 0.400. The van der Waals surface area contributed by atoms with E-state index in [1.807, 2.05) is 6.92 Å². The summed E-state index contributed by atoms with van der Waals surface area (Å²) in [6.07, 6.45) is 0.615. The van der Waals surface area contributed by atoms with Crippen molar-refractivity contribution >= 4 is 17.5 Å². The molecule has 1 aromatic carbocycles. The van der Waals surface area contributed by atoms with Gasteiger partial charge in [-0.25, -0.2) is 0 Å². The number of carbonyl (C=O) groups excluding carboxylic acids is 1. The summed E-state index contributed by atoms with van der Waals surface area (Å²) in [6.45, 7) is 4.58. The van der Waals surface area contributed by atoms with Crippen LogP contribution < -0.4 is 14.8 Å². The van der Waals surface area contributed by atoms with E-state index < -0.39 is 0 Å². The Kier molecular flexibility index (Phi) is 6.75. The molecule has 0 saturated carbocycles. The normalized spacial score (nSPS) is 9.40. The Bertz CT molecular complexity index is 532. The Labute approximate surface area is 124 Å². The van der Waals surface area contributed by atoms with Crippen molar-refractivity contribution in [1.82, 2.24) is 5.32 Å². The number of benzene rings is 1. The van der Waals surface area contributed by atoms with Crippen molar-refractivity contribution < 1.29 is 14.3 Å². The lowest BCUT2D eigenvalue weighted by molar-refractivity contribution is 0.0954. The van der Waals surface area contributed by atoms with Crippen molar-refractivity contribution in [2.45, 2.75) is 20.3 Å². The minimum absolute atomic E-state index is 0.217. The molecule has 1 rings (SSSR count). The lowest BCUT2D eigenvalue weighted by Crippen LogP contribution is -2.24. The molecular weight excluding hydrogens is 278 g/mol. The fourth-order valence-electron chi connectivity index (χ4n) is 1.60. The Morgan fingerprint density at radius 2 is 2.20 bits per heavy atom. The van der Waals surface area contributed by atoms with Crippen LogP contribution in [-0.2, 0) is 0 Å². The third kappa shape index (κ3) is 4.36. The van der Waals surface area contributed by atoms with Gasteiger partial charge in [-0.15, -0.1) is 11.8 Å². The molecule has 0 aromatic heterocycles. The standard InChI is InChI=1S/C15H18ClNO3/c1-4-6-7-8-17-15(18)11-9-12(16)14(20-5-2)13(10-11)19-3/h9-10H,5,7-8H2,1-3H3,(H,17,18). The molecule has 0 heterocycles. The molecule has 1 aromatic rings. The van der Waals surface area contributed by atoms with Gasteiger partial charge < -0.3 is 14.8 Å². The second kappa shape index (κ2) is 8.34. The fourth-order valence-corrected chi connectivity index (χ4v) is 1.87. The SMILES string of the molecule is CC#CCCNC(=O)c1cc(Cl)c(OCC)c(OC)c1. The molecule has 0 aliphatic rings. The van der Waals surface area contributed by atoms with Crippen molar-refractivity contribution in [2.75, 3.05) is 20.3 Å². The van der Waals surface area contributed by atoms with Gasteiger partial charge >= 0.3 is 0 Å². The van der Waals surface area contributed by atoms with Crippen LogP contribution in [0.4, 0.5) is 0 Å². The Morgan fingerprint density at radius 3 is 2.80 bits per heavy atom. The monoisotopic (exact) mass is 295 g/mol. The number of rotatable bonds is 6. The van der Waals surface area contributed by atoms with Crippen LogP contribution in [0.3, 0.4) is 0 Å². The van der Waals surface area contributed by atoms with Crippen LogP contribution in [-0.4, -0.2) is 26.2 Å². The second-order valence-electron chi connectivity index (χ2n) is 3.86. The first-order valence-electron chi connectivity index (χ1n) is 6.32. The molecule has 0 fully saturated rings. The van der Waals surface area contributed by atoms with Gasteiger partial charge in [-0.05, 0) is 26.0 Å². The third-order valence-electron chi connectivity index (χ3n) is 2.49. The highest BCUT2D eigenvalue weighted by Gasteiger charge is 2.15. The maximum atomic E-state index is 12.0. The van der Waals surface area contributed by atoms with Crippen LogP contribution in [0.2, 0.25) is 5.02 Å². The smallest absolute Gasteiger partial charge is 0.251 e. The maximum Gasteiger partial charge on any atom is 0.251 e. The molecule has 0 spiro atoms. The van der Waals surface area contributed by atoms with Crippen molar-refractivity contribution in [3.8, 4) is 23.3 Å². The molecule has 0 aliphatic carbocycles.